The smallest absolute Gasteiger partial charge is 0.285 e. The van der Waals surface area contributed by atoms with Crippen LogP contribution in [0.15, 0.2) is 42.6 Å². The molecule has 0 aliphatic rings. The first-order chi connectivity index (χ1) is 11.5. The molecule has 0 unspecified atom stereocenters. The number of imidazole rings is 1. The van der Waals surface area contributed by atoms with Crippen molar-refractivity contribution in [2.24, 2.45) is 5.73 Å². The standard InChI is InChI=1S/C18H14ClN3O2/c1-11(23)5-6-12-3-2-4-13(9-12)16-15-10-14(19)7-8-22(15)18(21-16)17(20)24/h2-4,7-11,23H,1H3,(H2,20,24)/t11-/m1/s1. The molecule has 1 amide bonds. The number of halogens is 1. The maximum absolute atomic E-state index is 11.6. The van der Waals surface area contributed by atoms with E-state index in [2.05, 4.69) is 16.8 Å². The summed E-state index contributed by atoms with van der Waals surface area (Å²) < 4.78 is 1.61. The van der Waals surface area contributed by atoms with Crippen molar-refractivity contribution in [2.75, 3.05) is 0 Å². The Morgan fingerprint density at radius 1 is 1.38 bits per heavy atom. The number of primary amides is 1. The molecule has 24 heavy (non-hydrogen) atoms. The average molecular weight is 340 g/mol. The van der Waals surface area contributed by atoms with Gasteiger partial charge >= 0.3 is 0 Å². The van der Waals surface area contributed by atoms with E-state index in [0.717, 1.165) is 11.1 Å². The van der Waals surface area contributed by atoms with Crippen molar-refractivity contribution >= 4 is 23.0 Å². The maximum Gasteiger partial charge on any atom is 0.285 e. The highest BCUT2D eigenvalue weighted by atomic mass is 35.5. The van der Waals surface area contributed by atoms with E-state index in [9.17, 15) is 9.90 Å². The third kappa shape index (κ3) is 3.11. The van der Waals surface area contributed by atoms with Crippen LogP contribution < -0.4 is 5.73 Å². The second-order valence-electron chi connectivity index (χ2n) is 5.27. The Hall–Kier alpha value is -2.81. The van der Waals surface area contributed by atoms with Crippen LogP contribution in [0.25, 0.3) is 16.8 Å². The Labute approximate surface area is 143 Å². The van der Waals surface area contributed by atoms with E-state index in [1.165, 1.54) is 0 Å². The molecule has 0 aliphatic heterocycles. The fourth-order valence-corrected chi connectivity index (χ4v) is 2.54. The number of aromatic nitrogens is 2. The number of amides is 1. The number of pyridine rings is 1. The quantitative estimate of drug-likeness (QED) is 0.704. The highest BCUT2D eigenvalue weighted by molar-refractivity contribution is 6.31. The van der Waals surface area contributed by atoms with Crippen molar-refractivity contribution in [1.82, 2.24) is 9.38 Å². The molecule has 6 heteroatoms. The van der Waals surface area contributed by atoms with Crippen molar-refractivity contribution in [3.05, 3.63) is 59.0 Å². The van der Waals surface area contributed by atoms with Crippen LogP contribution in [0.3, 0.4) is 0 Å². The van der Waals surface area contributed by atoms with Gasteiger partial charge in [0.1, 0.15) is 6.10 Å². The van der Waals surface area contributed by atoms with Gasteiger partial charge in [-0.2, -0.15) is 0 Å². The first kappa shape index (κ1) is 16.1. The average Bonchev–Trinajstić information content (AvgIpc) is 2.92. The van der Waals surface area contributed by atoms with E-state index in [4.69, 9.17) is 17.3 Å². The minimum Gasteiger partial charge on any atom is -0.381 e. The predicted molar refractivity (Wildman–Crippen MR) is 92.7 cm³/mol. The number of aliphatic hydroxyl groups excluding tert-OH is 1. The molecule has 3 aromatic rings. The first-order valence-corrected chi connectivity index (χ1v) is 7.61. The van der Waals surface area contributed by atoms with Gasteiger partial charge in [-0.15, -0.1) is 0 Å². The molecule has 3 N–H and O–H groups in total. The number of hydrogen-bond donors (Lipinski definition) is 2. The van der Waals surface area contributed by atoms with Gasteiger partial charge in [-0.25, -0.2) is 4.98 Å². The molecule has 0 spiro atoms. The third-order valence-corrected chi connectivity index (χ3v) is 3.62. The van der Waals surface area contributed by atoms with Gasteiger partial charge in [0, 0.05) is 22.3 Å². The zero-order valence-electron chi connectivity index (χ0n) is 12.8. The van der Waals surface area contributed by atoms with E-state index >= 15 is 0 Å². The van der Waals surface area contributed by atoms with E-state index < -0.39 is 12.0 Å². The highest BCUT2D eigenvalue weighted by Crippen LogP contribution is 2.27. The summed E-state index contributed by atoms with van der Waals surface area (Å²) in [5, 5.41) is 9.81. The third-order valence-electron chi connectivity index (χ3n) is 3.39. The number of carbonyl (C=O) groups excluding carboxylic acids is 1. The molecule has 2 aromatic heterocycles. The summed E-state index contributed by atoms with van der Waals surface area (Å²) in [7, 11) is 0. The predicted octanol–water partition coefficient (Wildman–Crippen LogP) is 2.49. The fraction of sp³-hybridized carbons (Fsp3) is 0.111. The summed E-state index contributed by atoms with van der Waals surface area (Å²) in [6.45, 7) is 1.60. The van der Waals surface area contributed by atoms with Crippen LogP contribution in [-0.2, 0) is 0 Å². The van der Waals surface area contributed by atoms with Gasteiger partial charge in [0.2, 0.25) is 5.82 Å². The number of rotatable bonds is 2. The van der Waals surface area contributed by atoms with E-state index in [-0.39, 0.29) is 5.82 Å². The molecule has 0 fully saturated rings. The van der Waals surface area contributed by atoms with Gasteiger partial charge in [0.15, 0.2) is 0 Å². The van der Waals surface area contributed by atoms with Crippen LogP contribution >= 0.6 is 11.6 Å². The maximum atomic E-state index is 11.6. The Kier molecular flexibility index (Phi) is 4.26. The molecule has 3 rings (SSSR count). The number of benzene rings is 1. The number of carbonyl (C=O) groups is 1. The van der Waals surface area contributed by atoms with Crippen LogP contribution in [0.1, 0.15) is 23.1 Å². The number of hydrogen-bond acceptors (Lipinski definition) is 3. The van der Waals surface area contributed by atoms with Crippen LogP contribution in [0.4, 0.5) is 0 Å². The molecule has 0 saturated heterocycles. The van der Waals surface area contributed by atoms with Gasteiger partial charge in [-0.05, 0) is 31.2 Å². The summed E-state index contributed by atoms with van der Waals surface area (Å²) in [6.07, 6.45) is 0.952. The van der Waals surface area contributed by atoms with E-state index in [0.29, 0.717) is 16.2 Å². The summed E-state index contributed by atoms with van der Waals surface area (Å²) >= 11 is 6.08. The van der Waals surface area contributed by atoms with Gasteiger partial charge in [-0.3, -0.25) is 9.20 Å². The van der Waals surface area contributed by atoms with Gasteiger partial charge < -0.3 is 10.8 Å². The topological polar surface area (TPSA) is 80.6 Å². The zero-order chi connectivity index (χ0) is 17.3. The SMILES string of the molecule is C[C@@H](O)C#Cc1cccc(-c2nc(C(N)=O)n3ccc(Cl)cc23)c1. The number of aliphatic hydroxyl groups is 1. The monoisotopic (exact) mass is 339 g/mol. The normalized spacial score (nSPS) is 11.8. The van der Waals surface area contributed by atoms with Gasteiger partial charge in [-0.1, -0.05) is 35.6 Å². The minimum atomic E-state index is -0.706. The van der Waals surface area contributed by atoms with Crippen molar-refractivity contribution < 1.29 is 9.90 Å². The lowest BCUT2D eigenvalue weighted by Crippen LogP contribution is -2.15. The minimum absolute atomic E-state index is 0.136. The fourth-order valence-electron chi connectivity index (χ4n) is 2.38. The zero-order valence-corrected chi connectivity index (χ0v) is 13.6. The van der Waals surface area contributed by atoms with Crippen LogP contribution in [0.5, 0.6) is 0 Å². The lowest BCUT2D eigenvalue weighted by Gasteiger charge is -2.01. The van der Waals surface area contributed by atoms with Crippen molar-refractivity contribution in [1.29, 1.82) is 0 Å². The molecular weight excluding hydrogens is 326 g/mol. The largest absolute Gasteiger partial charge is 0.381 e. The molecule has 2 heterocycles. The number of nitrogens with two attached hydrogens (primary N) is 1. The molecule has 0 radical (unpaired) electrons. The Balaban J connectivity index is 2.20. The molecule has 5 nitrogen and oxygen atoms in total. The molecule has 0 aliphatic carbocycles. The second kappa shape index (κ2) is 6.36. The summed E-state index contributed by atoms with van der Waals surface area (Å²) in [5.74, 6) is 5.10. The van der Waals surface area contributed by atoms with Crippen molar-refractivity contribution in [3.8, 4) is 23.1 Å². The Bertz CT molecular complexity index is 996. The molecular formula is C18H14ClN3O2. The highest BCUT2D eigenvalue weighted by Gasteiger charge is 2.16. The molecule has 120 valence electrons. The van der Waals surface area contributed by atoms with Crippen LogP contribution in [-0.4, -0.2) is 26.5 Å². The summed E-state index contributed by atoms with van der Waals surface area (Å²) in [6, 6.07) is 10.8. The second-order valence-corrected chi connectivity index (χ2v) is 5.71. The lowest BCUT2D eigenvalue weighted by atomic mass is 10.1. The summed E-state index contributed by atoms with van der Waals surface area (Å²) in [5.41, 5.74) is 8.19. The number of nitrogens with zero attached hydrogens (tertiary/aromatic N) is 2. The van der Waals surface area contributed by atoms with Gasteiger partial charge in [0.05, 0.1) is 11.2 Å². The number of fused-ring (bicyclic) bond motifs is 1. The molecule has 0 saturated carbocycles. The van der Waals surface area contributed by atoms with Crippen LogP contribution in [0.2, 0.25) is 5.02 Å². The lowest BCUT2D eigenvalue weighted by molar-refractivity contribution is 0.0990. The van der Waals surface area contributed by atoms with Crippen molar-refractivity contribution in [2.45, 2.75) is 13.0 Å². The van der Waals surface area contributed by atoms with Crippen molar-refractivity contribution in [3.63, 3.8) is 0 Å². The first-order valence-electron chi connectivity index (χ1n) is 7.23. The Morgan fingerprint density at radius 3 is 2.88 bits per heavy atom. The molecule has 1 atom stereocenters. The van der Waals surface area contributed by atoms with Crippen LogP contribution in [0, 0.1) is 11.8 Å². The molecule has 0 bridgehead atoms. The Morgan fingerprint density at radius 2 is 2.17 bits per heavy atom. The molecule has 1 aromatic carbocycles. The van der Waals surface area contributed by atoms with Gasteiger partial charge in [0.25, 0.3) is 5.91 Å². The summed E-state index contributed by atoms with van der Waals surface area (Å²) in [4.78, 5) is 16.0. The van der Waals surface area contributed by atoms with E-state index in [1.54, 1.807) is 29.7 Å². The van der Waals surface area contributed by atoms with E-state index in [1.807, 2.05) is 24.3 Å².